The van der Waals surface area contributed by atoms with Gasteiger partial charge in [-0.2, -0.15) is 16.4 Å². The van der Waals surface area contributed by atoms with Crippen LogP contribution in [-0.2, 0) is 0 Å². The lowest BCUT2D eigenvalue weighted by molar-refractivity contribution is 0.102. The van der Waals surface area contributed by atoms with Gasteiger partial charge in [-0.3, -0.25) is 9.89 Å². The van der Waals surface area contributed by atoms with Crippen molar-refractivity contribution in [3.8, 4) is 11.1 Å². The van der Waals surface area contributed by atoms with Gasteiger partial charge in [0.05, 0.1) is 16.5 Å². The minimum atomic E-state index is -1.38. The van der Waals surface area contributed by atoms with Gasteiger partial charge in [-0.15, -0.1) is 12.4 Å². The molecule has 0 saturated heterocycles. The molecule has 144 valence electrons. The summed E-state index contributed by atoms with van der Waals surface area (Å²) in [5.41, 5.74) is 5.54. The van der Waals surface area contributed by atoms with E-state index >= 15 is 0 Å². The van der Waals surface area contributed by atoms with Crippen molar-refractivity contribution in [2.45, 2.75) is 0 Å². The molecule has 0 atom stereocenters. The van der Waals surface area contributed by atoms with E-state index < -0.39 is 34.3 Å². The Bertz CT molecular complexity index is 1160. The summed E-state index contributed by atoms with van der Waals surface area (Å²) >= 11 is 1.30. The fourth-order valence-corrected chi connectivity index (χ4v) is 3.36. The summed E-state index contributed by atoms with van der Waals surface area (Å²) in [6.45, 7) is 0. The van der Waals surface area contributed by atoms with Crippen molar-refractivity contribution in [1.29, 1.82) is 0 Å². The number of nitrogen functional groups attached to an aromatic ring is 1. The smallest absolute Gasteiger partial charge is 0.257 e. The van der Waals surface area contributed by atoms with Crippen LogP contribution in [0.1, 0.15) is 10.4 Å². The van der Waals surface area contributed by atoms with Crippen molar-refractivity contribution in [2.75, 3.05) is 11.1 Å². The molecule has 0 spiro atoms. The number of nitrogens with two attached hydrogens (primary N) is 1. The van der Waals surface area contributed by atoms with Gasteiger partial charge in [-0.1, -0.05) is 12.1 Å². The van der Waals surface area contributed by atoms with Crippen molar-refractivity contribution in [2.24, 2.45) is 0 Å². The van der Waals surface area contributed by atoms with E-state index in [0.717, 1.165) is 0 Å². The molecular formula is C18H12ClF3N4OS. The van der Waals surface area contributed by atoms with Crippen LogP contribution < -0.4 is 11.1 Å². The van der Waals surface area contributed by atoms with Gasteiger partial charge >= 0.3 is 0 Å². The molecule has 0 fully saturated rings. The zero-order chi connectivity index (χ0) is 19.1. The van der Waals surface area contributed by atoms with Crippen LogP contribution in [0.3, 0.4) is 0 Å². The number of hydrogen-bond acceptors (Lipinski definition) is 4. The number of nitrogens with one attached hydrogen (secondary N) is 2. The second-order valence-corrected chi connectivity index (χ2v) is 6.51. The van der Waals surface area contributed by atoms with E-state index in [9.17, 15) is 18.0 Å². The molecule has 28 heavy (non-hydrogen) atoms. The quantitative estimate of drug-likeness (QED) is 0.321. The number of rotatable bonds is 3. The summed E-state index contributed by atoms with van der Waals surface area (Å²) in [6.07, 6.45) is 0. The summed E-state index contributed by atoms with van der Waals surface area (Å²) in [6, 6.07) is 7.24. The molecule has 1 amide bonds. The zero-order valence-electron chi connectivity index (χ0n) is 13.9. The molecule has 4 N–H and O–H groups in total. The van der Waals surface area contributed by atoms with Crippen LogP contribution >= 0.6 is 23.7 Å². The standard InChI is InChI=1S/C18H11F3N4OS.ClH/c19-13-11(8-1-3-10(22)4-2-8)15(21)16-12(14(13)20)17(25-24-16)23-18(26)9-5-6-27-7-9;/h1-7H,22H2,(H2,23,24,25,26);1H. The zero-order valence-corrected chi connectivity index (χ0v) is 15.6. The predicted molar refractivity (Wildman–Crippen MR) is 105 cm³/mol. The number of fused-ring (bicyclic) bond motifs is 1. The number of halogens is 4. The highest BCUT2D eigenvalue weighted by Crippen LogP contribution is 2.36. The van der Waals surface area contributed by atoms with E-state index in [2.05, 4.69) is 15.5 Å². The minimum Gasteiger partial charge on any atom is -0.399 e. The molecule has 0 radical (unpaired) electrons. The van der Waals surface area contributed by atoms with Crippen molar-refractivity contribution in [3.05, 3.63) is 64.1 Å². The van der Waals surface area contributed by atoms with Crippen LogP contribution in [0.4, 0.5) is 24.7 Å². The van der Waals surface area contributed by atoms with Crippen LogP contribution in [0.15, 0.2) is 41.1 Å². The van der Waals surface area contributed by atoms with Crippen LogP contribution in [0.2, 0.25) is 0 Å². The lowest BCUT2D eigenvalue weighted by Gasteiger charge is -2.09. The number of amides is 1. The van der Waals surface area contributed by atoms with Crippen molar-refractivity contribution in [1.82, 2.24) is 10.2 Å². The Balaban J connectivity index is 0.00000225. The third kappa shape index (κ3) is 3.19. The molecule has 0 saturated carbocycles. The maximum absolute atomic E-state index is 14.9. The molecule has 2 heterocycles. The van der Waals surface area contributed by atoms with Crippen LogP contribution in [0.5, 0.6) is 0 Å². The first-order valence-corrected chi connectivity index (χ1v) is 8.65. The van der Waals surface area contributed by atoms with Crippen LogP contribution in [0, 0.1) is 17.5 Å². The molecule has 2 aromatic heterocycles. The van der Waals surface area contributed by atoms with Crippen molar-refractivity contribution >= 4 is 52.1 Å². The molecule has 10 heteroatoms. The Hall–Kier alpha value is -3.04. The summed E-state index contributed by atoms with van der Waals surface area (Å²) in [5.74, 6) is -4.56. The second-order valence-electron chi connectivity index (χ2n) is 5.73. The Morgan fingerprint density at radius 2 is 1.79 bits per heavy atom. The molecular weight excluding hydrogens is 413 g/mol. The number of thiophene rings is 1. The Labute approximate surface area is 166 Å². The Morgan fingerprint density at radius 1 is 1.07 bits per heavy atom. The number of aromatic nitrogens is 2. The minimum absolute atomic E-state index is 0. The SMILES string of the molecule is Cl.Nc1ccc(-c2c(F)c(F)c3c(NC(=O)c4ccsc4)n[nH]c3c2F)cc1. The number of carbonyl (C=O) groups is 1. The first-order valence-electron chi connectivity index (χ1n) is 7.71. The average molecular weight is 425 g/mol. The summed E-state index contributed by atoms with van der Waals surface area (Å²) in [4.78, 5) is 12.1. The van der Waals surface area contributed by atoms with Gasteiger partial charge in [-0.25, -0.2) is 13.2 Å². The van der Waals surface area contributed by atoms with Gasteiger partial charge in [0.1, 0.15) is 5.52 Å². The van der Waals surface area contributed by atoms with Gasteiger partial charge in [-0.05, 0) is 29.1 Å². The number of anilines is 2. The van der Waals surface area contributed by atoms with Gasteiger partial charge in [0, 0.05) is 11.1 Å². The number of H-pyrrole nitrogens is 1. The highest BCUT2D eigenvalue weighted by molar-refractivity contribution is 7.08. The topological polar surface area (TPSA) is 83.8 Å². The lowest BCUT2D eigenvalue weighted by atomic mass is 10.0. The van der Waals surface area contributed by atoms with E-state index in [1.165, 1.54) is 35.6 Å². The van der Waals surface area contributed by atoms with Gasteiger partial charge in [0.2, 0.25) is 0 Å². The third-order valence-electron chi connectivity index (χ3n) is 4.05. The lowest BCUT2D eigenvalue weighted by Crippen LogP contribution is -2.11. The monoisotopic (exact) mass is 424 g/mol. The highest BCUT2D eigenvalue weighted by atomic mass is 35.5. The summed E-state index contributed by atoms with van der Waals surface area (Å²) < 4.78 is 44.3. The fraction of sp³-hybridized carbons (Fsp3) is 0. The molecule has 0 aliphatic carbocycles. The number of aromatic amines is 1. The van der Waals surface area contributed by atoms with E-state index in [1.807, 2.05) is 0 Å². The maximum Gasteiger partial charge on any atom is 0.257 e. The maximum atomic E-state index is 14.9. The second kappa shape index (κ2) is 7.53. The number of carbonyl (C=O) groups excluding carboxylic acids is 1. The first-order chi connectivity index (χ1) is 13.0. The molecule has 4 rings (SSSR count). The number of hydrogen-bond donors (Lipinski definition) is 3. The highest BCUT2D eigenvalue weighted by Gasteiger charge is 2.26. The van der Waals surface area contributed by atoms with Gasteiger partial charge in [0.15, 0.2) is 23.3 Å². The first kappa shape index (κ1) is 19.7. The van der Waals surface area contributed by atoms with E-state index in [4.69, 9.17) is 5.73 Å². The van der Waals surface area contributed by atoms with Crippen molar-refractivity contribution < 1.29 is 18.0 Å². The molecule has 0 aliphatic heterocycles. The van der Waals surface area contributed by atoms with E-state index in [0.29, 0.717) is 11.3 Å². The normalized spacial score (nSPS) is 10.7. The van der Waals surface area contributed by atoms with Crippen molar-refractivity contribution in [3.63, 3.8) is 0 Å². The van der Waals surface area contributed by atoms with Crippen LogP contribution in [0.25, 0.3) is 22.0 Å². The van der Waals surface area contributed by atoms with Gasteiger partial charge < -0.3 is 11.1 Å². The fourth-order valence-electron chi connectivity index (χ4n) is 2.72. The molecule has 5 nitrogen and oxygen atoms in total. The van der Waals surface area contributed by atoms with Gasteiger partial charge in [0.25, 0.3) is 5.91 Å². The average Bonchev–Trinajstić information content (AvgIpc) is 3.32. The third-order valence-corrected chi connectivity index (χ3v) is 4.73. The Kier molecular flexibility index (Phi) is 5.30. The molecule has 0 aliphatic rings. The molecule has 4 aromatic rings. The van der Waals surface area contributed by atoms with Crippen LogP contribution in [-0.4, -0.2) is 16.1 Å². The summed E-state index contributed by atoms with van der Waals surface area (Å²) in [5, 5.41) is 11.2. The number of benzene rings is 2. The van der Waals surface area contributed by atoms with E-state index in [-0.39, 0.29) is 29.3 Å². The molecule has 0 bridgehead atoms. The summed E-state index contributed by atoms with van der Waals surface area (Å²) in [7, 11) is 0. The predicted octanol–water partition coefficient (Wildman–Crippen LogP) is 4.97. The molecule has 0 unspecified atom stereocenters. The Morgan fingerprint density at radius 3 is 2.43 bits per heavy atom. The largest absolute Gasteiger partial charge is 0.399 e. The molecule has 2 aromatic carbocycles. The van der Waals surface area contributed by atoms with E-state index in [1.54, 1.807) is 16.8 Å². The number of nitrogens with zero attached hydrogens (tertiary/aromatic N) is 1.